The maximum atomic E-state index is 11.8. The molecule has 5 aromatic rings. The normalized spacial score (nSPS) is 13.0. The van der Waals surface area contributed by atoms with E-state index in [1.165, 1.54) is 36.2 Å². The van der Waals surface area contributed by atoms with E-state index in [0.717, 1.165) is 0 Å². The molecule has 5 aromatic carbocycles. The Bertz CT molecular complexity index is 2030. The van der Waals surface area contributed by atoms with E-state index in [1.54, 1.807) is 0 Å². The molecule has 0 aliphatic heterocycles. The molecule has 264 valence electrons. The standard InChI is InChI=1S/C26H19S.C3HF7O3S.CHF3O3S/c1-2-14-22(15-3-1)27(25-18-8-12-20-10-4-6-16-23(20)25)26-19-9-13-21-11-5-7-17-24(21)26;4-1(5,2(6,7)8)3(9,10)14(11,12)13;2-1(3,4)8(5,6)7/h1-19H;(H,11,12,13);(H,5,6,7)/q+1;;/p-1. The molecule has 0 saturated heterocycles. The van der Waals surface area contributed by atoms with Crippen molar-refractivity contribution in [2.75, 3.05) is 0 Å². The summed E-state index contributed by atoms with van der Waals surface area (Å²) in [4.78, 5) is 4.12. The summed E-state index contributed by atoms with van der Waals surface area (Å²) in [6, 6.07) is 41.7. The second-order valence-corrected chi connectivity index (χ2v) is 14.3. The van der Waals surface area contributed by atoms with Crippen molar-refractivity contribution in [1.82, 2.24) is 0 Å². The third-order valence-corrected chi connectivity index (χ3v) is 10.1. The highest BCUT2D eigenvalue weighted by molar-refractivity contribution is 7.97. The molecule has 0 bridgehead atoms. The lowest BCUT2D eigenvalue weighted by Gasteiger charge is -2.29. The summed E-state index contributed by atoms with van der Waals surface area (Å²) in [5.41, 5.74) is -5.53. The van der Waals surface area contributed by atoms with Gasteiger partial charge in [-0.25, -0.2) is 8.42 Å². The molecule has 0 aliphatic rings. The molecular weight excluding hydrogens is 743 g/mol. The van der Waals surface area contributed by atoms with E-state index < -0.39 is 43.1 Å². The Morgan fingerprint density at radius 3 is 1.20 bits per heavy atom. The lowest BCUT2D eigenvalue weighted by atomic mass is 10.1. The van der Waals surface area contributed by atoms with Crippen LogP contribution in [-0.2, 0) is 31.1 Å². The van der Waals surface area contributed by atoms with Gasteiger partial charge in [-0.05, 0) is 47.2 Å². The molecule has 6 nitrogen and oxygen atoms in total. The summed E-state index contributed by atoms with van der Waals surface area (Å²) in [7, 11) is -13.1. The van der Waals surface area contributed by atoms with Crippen LogP contribution >= 0.6 is 0 Å². The van der Waals surface area contributed by atoms with Crippen LogP contribution in [0.4, 0.5) is 43.9 Å². The van der Waals surface area contributed by atoms with E-state index in [2.05, 4.69) is 115 Å². The van der Waals surface area contributed by atoms with Gasteiger partial charge in [0.15, 0.2) is 24.8 Å². The van der Waals surface area contributed by atoms with E-state index in [9.17, 15) is 56.9 Å². The molecule has 0 heterocycles. The first-order valence-electron chi connectivity index (χ1n) is 13.0. The molecule has 49 heavy (non-hydrogen) atoms. The predicted octanol–water partition coefficient (Wildman–Crippen LogP) is 8.80. The van der Waals surface area contributed by atoms with Gasteiger partial charge in [0.1, 0.15) is 10.9 Å². The Morgan fingerprint density at radius 1 is 0.531 bits per heavy atom. The van der Waals surface area contributed by atoms with E-state index in [-0.39, 0.29) is 10.9 Å². The first kappa shape index (κ1) is 39.5. The minimum atomic E-state index is -7.10. The Balaban J connectivity index is 0.000000249. The number of hydrogen-bond acceptors (Lipinski definition) is 5. The Labute approximate surface area is 274 Å². The molecule has 1 N–H and O–H groups in total. The maximum absolute atomic E-state index is 11.8. The highest BCUT2D eigenvalue weighted by atomic mass is 32.2. The number of hydrogen-bond donors (Lipinski definition) is 1. The largest absolute Gasteiger partial charge is 0.743 e. The molecule has 19 heteroatoms. The Hall–Kier alpha value is -3.91. The summed E-state index contributed by atoms with van der Waals surface area (Å²) < 4.78 is 167. The monoisotopic (exact) mass is 762 g/mol. The number of halogens is 10. The Kier molecular flexibility index (Phi) is 11.7. The van der Waals surface area contributed by atoms with Crippen molar-refractivity contribution in [2.45, 2.75) is 37.5 Å². The maximum Gasteiger partial charge on any atom is 0.522 e. The third kappa shape index (κ3) is 8.82. The fraction of sp³-hybridized carbons (Fsp3) is 0.133. The lowest BCUT2D eigenvalue weighted by molar-refractivity contribution is -0.333. The van der Waals surface area contributed by atoms with Crippen LogP contribution in [0.15, 0.2) is 130 Å². The highest BCUT2D eigenvalue weighted by Gasteiger charge is 2.76. The average molecular weight is 763 g/mol. The summed E-state index contributed by atoms with van der Waals surface area (Å²) in [5, 5.41) is -1.47. The molecular formula is C30H20F10O6S3. The molecule has 5 rings (SSSR count). The zero-order valence-corrected chi connectivity index (χ0v) is 26.4. The Morgan fingerprint density at radius 2 is 0.878 bits per heavy atom. The summed E-state index contributed by atoms with van der Waals surface area (Å²) in [6.07, 6.45) is -6.83. The lowest BCUT2D eigenvalue weighted by Crippen LogP contribution is -2.55. The molecule has 0 spiro atoms. The minimum absolute atomic E-state index is 0.164. The van der Waals surface area contributed by atoms with Crippen LogP contribution in [0, 0.1) is 0 Å². The molecule has 0 unspecified atom stereocenters. The molecule has 0 atom stereocenters. The van der Waals surface area contributed by atoms with Crippen molar-refractivity contribution < 1.29 is 69.8 Å². The van der Waals surface area contributed by atoms with Gasteiger partial charge in [0.25, 0.3) is 0 Å². The smallest absolute Gasteiger partial charge is 0.522 e. The van der Waals surface area contributed by atoms with Crippen molar-refractivity contribution in [3.8, 4) is 0 Å². The number of benzene rings is 5. The summed E-state index contributed by atoms with van der Waals surface area (Å²) in [6.45, 7) is 0. The summed E-state index contributed by atoms with van der Waals surface area (Å²) >= 11 is 0. The SMILES string of the molecule is O=S(=O)(O)C(F)(F)F.O=S(=O)([O-])C(F)(F)C(F)(F)C(F)(F)F.c1ccc([S+](c2cccc3ccccc23)c2cccc3ccccc23)cc1. The van der Waals surface area contributed by atoms with Crippen LogP contribution < -0.4 is 0 Å². The van der Waals surface area contributed by atoms with Gasteiger partial charge < -0.3 is 4.55 Å². The quantitative estimate of drug-likeness (QED) is 0.0830. The predicted molar refractivity (Wildman–Crippen MR) is 160 cm³/mol. The average Bonchev–Trinajstić information content (AvgIpc) is 3.00. The second-order valence-electron chi connectivity index (χ2n) is 9.54. The van der Waals surface area contributed by atoms with Gasteiger partial charge >= 0.3 is 33.0 Å². The molecule has 0 aromatic heterocycles. The van der Waals surface area contributed by atoms with E-state index in [4.69, 9.17) is 13.0 Å². The molecule has 0 fully saturated rings. The highest BCUT2D eigenvalue weighted by Crippen LogP contribution is 2.48. The van der Waals surface area contributed by atoms with Crippen LogP contribution in [0.3, 0.4) is 0 Å². The number of rotatable bonds is 5. The fourth-order valence-corrected chi connectivity index (χ4v) is 6.84. The second kappa shape index (κ2) is 14.5. The summed E-state index contributed by atoms with van der Waals surface area (Å²) in [5.74, 6) is -6.92. The van der Waals surface area contributed by atoms with Gasteiger partial charge in [0.05, 0.1) is 0 Å². The van der Waals surface area contributed by atoms with Crippen molar-refractivity contribution in [3.63, 3.8) is 0 Å². The van der Waals surface area contributed by atoms with Gasteiger partial charge in [0.2, 0.25) is 0 Å². The van der Waals surface area contributed by atoms with Gasteiger partial charge in [-0.15, -0.1) is 0 Å². The van der Waals surface area contributed by atoms with Crippen molar-refractivity contribution >= 4 is 52.7 Å². The first-order valence-corrected chi connectivity index (χ1v) is 17.1. The van der Waals surface area contributed by atoms with E-state index in [0.29, 0.717) is 0 Å². The van der Waals surface area contributed by atoms with Gasteiger partial charge in [0, 0.05) is 10.8 Å². The zero-order valence-electron chi connectivity index (χ0n) is 24.0. The topological polar surface area (TPSA) is 112 Å². The fourth-order valence-electron chi connectivity index (χ4n) is 4.00. The van der Waals surface area contributed by atoms with Gasteiger partial charge in [-0.2, -0.15) is 52.3 Å². The van der Waals surface area contributed by atoms with Crippen LogP contribution in [0.25, 0.3) is 21.5 Å². The van der Waals surface area contributed by atoms with Crippen molar-refractivity contribution in [1.29, 1.82) is 0 Å². The van der Waals surface area contributed by atoms with Crippen LogP contribution in [0.1, 0.15) is 0 Å². The van der Waals surface area contributed by atoms with Crippen LogP contribution in [0.2, 0.25) is 0 Å². The third-order valence-electron chi connectivity index (χ3n) is 6.25. The van der Waals surface area contributed by atoms with Crippen molar-refractivity contribution in [3.05, 3.63) is 115 Å². The van der Waals surface area contributed by atoms with Crippen LogP contribution in [0.5, 0.6) is 0 Å². The first-order chi connectivity index (χ1) is 22.4. The van der Waals surface area contributed by atoms with Gasteiger partial charge in [-0.1, -0.05) is 78.9 Å². The van der Waals surface area contributed by atoms with E-state index >= 15 is 0 Å². The van der Waals surface area contributed by atoms with Crippen LogP contribution in [-0.4, -0.2) is 48.8 Å². The number of fused-ring (bicyclic) bond motifs is 2. The molecule has 0 amide bonds. The number of alkyl halides is 10. The zero-order chi connectivity index (χ0) is 37.1. The van der Waals surface area contributed by atoms with Gasteiger partial charge in [-0.3, -0.25) is 4.55 Å². The molecule has 0 radical (unpaired) electrons. The molecule has 0 aliphatic carbocycles. The van der Waals surface area contributed by atoms with E-state index in [1.807, 2.05) is 0 Å². The van der Waals surface area contributed by atoms with Crippen molar-refractivity contribution in [2.24, 2.45) is 0 Å². The molecule has 0 saturated carbocycles. The minimum Gasteiger partial charge on any atom is -0.743 e.